The number of pyridine rings is 1. The lowest BCUT2D eigenvalue weighted by Crippen LogP contribution is -2.25. The molecule has 84 valence electrons. The van der Waals surface area contributed by atoms with Crippen LogP contribution in [0.25, 0.3) is 0 Å². The first kappa shape index (κ1) is 12.2. The second-order valence-corrected chi connectivity index (χ2v) is 4.36. The monoisotopic (exact) mass is 206 g/mol. The minimum atomic E-state index is 0.623. The number of nitrogens with zero attached hydrogens (tertiary/aromatic N) is 2. The molecule has 15 heavy (non-hydrogen) atoms. The highest BCUT2D eigenvalue weighted by molar-refractivity contribution is 5.13. The van der Waals surface area contributed by atoms with Crippen molar-refractivity contribution in [2.45, 2.75) is 39.2 Å². The SMILES string of the molecule is CCc1ccc(CCC(C)N(C)C)nc1. The maximum absolute atomic E-state index is 4.46. The van der Waals surface area contributed by atoms with Crippen LogP contribution in [0.5, 0.6) is 0 Å². The van der Waals surface area contributed by atoms with Gasteiger partial charge in [0.05, 0.1) is 0 Å². The molecule has 0 radical (unpaired) electrons. The van der Waals surface area contributed by atoms with E-state index in [-0.39, 0.29) is 0 Å². The summed E-state index contributed by atoms with van der Waals surface area (Å²) in [6.07, 6.45) is 5.31. The zero-order valence-electron chi connectivity index (χ0n) is 10.3. The van der Waals surface area contributed by atoms with Crippen LogP contribution in [0.4, 0.5) is 0 Å². The largest absolute Gasteiger partial charge is 0.307 e. The number of hydrogen-bond donors (Lipinski definition) is 0. The van der Waals surface area contributed by atoms with E-state index in [1.807, 2.05) is 6.20 Å². The third-order valence-electron chi connectivity index (χ3n) is 2.99. The molecule has 2 heteroatoms. The zero-order chi connectivity index (χ0) is 11.3. The molecule has 1 unspecified atom stereocenters. The smallest absolute Gasteiger partial charge is 0.0404 e. The first-order valence-corrected chi connectivity index (χ1v) is 5.73. The summed E-state index contributed by atoms with van der Waals surface area (Å²) in [6, 6.07) is 4.96. The predicted octanol–water partition coefficient (Wildman–Crippen LogP) is 2.53. The minimum absolute atomic E-state index is 0.623. The number of hydrogen-bond acceptors (Lipinski definition) is 2. The molecule has 0 spiro atoms. The third-order valence-corrected chi connectivity index (χ3v) is 2.99. The molecule has 1 rings (SSSR count). The molecule has 0 aliphatic carbocycles. The maximum atomic E-state index is 4.46. The lowest BCUT2D eigenvalue weighted by atomic mass is 10.1. The molecule has 1 aromatic heterocycles. The van der Waals surface area contributed by atoms with Gasteiger partial charge in [-0.25, -0.2) is 0 Å². The molecule has 0 saturated carbocycles. The molecule has 1 aromatic rings. The van der Waals surface area contributed by atoms with Crippen molar-refractivity contribution in [2.75, 3.05) is 14.1 Å². The van der Waals surface area contributed by atoms with Gasteiger partial charge in [0.2, 0.25) is 0 Å². The van der Waals surface area contributed by atoms with Gasteiger partial charge in [-0.15, -0.1) is 0 Å². The molecule has 0 fully saturated rings. The Balaban J connectivity index is 2.44. The van der Waals surface area contributed by atoms with Gasteiger partial charge >= 0.3 is 0 Å². The van der Waals surface area contributed by atoms with Gasteiger partial charge in [0, 0.05) is 17.9 Å². The molecule has 0 saturated heterocycles. The highest BCUT2D eigenvalue weighted by atomic mass is 15.1. The van der Waals surface area contributed by atoms with E-state index in [0.29, 0.717) is 6.04 Å². The van der Waals surface area contributed by atoms with E-state index in [9.17, 15) is 0 Å². The van der Waals surface area contributed by atoms with Crippen LogP contribution in [-0.4, -0.2) is 30.0 Å². The lowest BCUT2D eigenvalue weighted by Gasteiger charge is -2.19. The van der Waals surface area contributed by atoms with Crippen LogP contribution in [0, 0.1) is 0 Å². The molecule has 0 aliphatic heterocycles. The summed E-state index contributed by atoms with van der Waals surface area (Å²) < 4.78 is 0. The van der Waals surface area contributed by atoms with E-state index < -0.39 is 0 Å². The fourth-order valence-electron chi connectivity index (χ4n) is 1.43. The van der Waals surface area contributed by atoms with Gasteiger partial charge < -0.3 is 4.90 Å². The normalized spacial score (nSPS) is 13.1. The molecule has 0 aromatic carbocycles. The molecular weight excluding hydrogens is 184 g/mol. The Morgan fingerprint density at radius 2 is 2.07 bits per heavy atom. The summed E-state index contributed by atoms with van der Waals surface area (Å²) >= 11 is 0. The van der Waals surface area contributed by atoms with Crippen molar-refractivity contribution < 1.29 is 0 Å². The third kappa shape index (κ3) is 4.00. The molecule has 0 aliphatic rings. The first-order valence-electron chi connectivity index (χ1n) is 5.73. The van der Waals surface area contributed by atoms with Gasteiger partial charge in [-0.2, -0.15) is 0 Å². The fourth-order valence-corrected chi connectivity index (χ4v) is 1.43. The second-order valence-electron chi connectivity index (χ2n) is 4.36. The van der Waals surface area contributed by atoms with Gasteiger partial charge in [0.15, 0.2) is 0 Å². The number of rotatable bonds is 5. The van der Waals surface area contributed by atoms with Crippen LogP contribution in [-0.2, 0) is 12.8 Å². The molecule has 0 bridgehead atoms. The van der Waals surface area contributed by atoms with Gasteiger partial charge in [-0.3, -0.25) is 4.98 Å². The summed E-state index contributed by atoms with van der Waals surface area (Å²) in [5, 5.41) is 0. The van der Waals surface area contributed by atoms with Gasteiger partial charge in [-0.05, 0) is 51.9 Å². The lowest BCUT2D eigenvalue weighted by molar-refractivity contribution is 0.298. The summed E-state index contributed by atoms with van der Waals surface area (Å²) in [5.74, 6) is 0. The van der Waals surface area contributed by atoms with Crippen molar-refractivity contribution in [3.05, 3.63) is 29.6 Å². The van der Waals surface area contributed by atoms with E-state index in [0.717, 1.165) is 12.8 Å². The van der Waals surface area contributed by atoms with Gasteiger partial charge in [-0.1, -0.05) is 13.0 Å². The van der Waals surface area contributed by atoms with Crippen molar-refractivity contribution in [1.29, 1.82) is 0 Å². The molecule has 2 nitrogen and oxygen atoms in total. The van der Waals surface area contributed by atoms with Crippen LogP contribution in [0.1, 0.15) is 31.5 Å². The van der Waals surface area contributed by atoms with E-state index in [4.69, 9.17) is 0 Å². The van der Waals surface area contributed by atoms with Crippen LogP contribution in [0.3, 0.4) is 0 Å². The summed E-state index contributed by atoms with van der Waals surface area (Å²) in [4.78, 5) is 6.71. The van der Waals surface area contributed by atoms with E-state index in [2.05, 4.69) is 50.0 Å². The molecular formula is C13H22N2. The summed E-state index contributed by atoms with van der Waals surface area (Å²) in [6.45, 7) is 4.41. The van der Waals surface area contributed by atoms with Crippen LogP contribution in [0.2, 0.25) is 0 Å². The van der Waals surface area contributed by atoms with Crippen LogP contribution in [0.15, 0.2) is 18.3 Å². The Kier molecular flexibility index (Phi) is 4.76. The van der Waals surface area contributed by atoms with E-state index >= 15 is 0 Å². The number of aromatic nitrogens is 1. The molecule has 1 atom stereocenters. The van der Waals surface area contributed by atoms with Gasteiger partial charge in [0.25, 0.3) is 0 Å². The van der Waals surface area contributed by atoms with Crippen molar-refractivity contribution >= 4 is 0 Å². The standard InChI is InChI=1S/C13H22N2/c1-5-12-7-9-13(14-10-12)8-6-11(2)15(3)4/h7,9-11H,5-6,8H2,1-4H3. The number of aryl methyl sites for hydroxylation is 2. The van der Waals surface area contributed by atoms with E-state index in [1.54, 1.807) is 0 Å². The van der Waals surface area contributed by atoms with E-state index in [1.165, 1.54) is 17.7 Å². The molecule has 0 amide bonds. The highest BCUT2D eigenvalue weighted by Crippen LogP contribution is 2.07. The van der Waals surface area contributed by atoms with Crippen molar-refractivity contribution in [2.24, 2.45) is 0 Å². The summed E-state index contributed by atoms with van der Waals surface area (Å²) in [7, 11) is 4.25. The van der Waals surface area contributed by atoms with Crippen LogP contribution >= 0.6 is 0 Å². The Labute approximate surface area is 93.3 Å². The first-order chi connectivity index (χ1) is 7.13. The minimum Gasteiger partial charge on any atom is -0.307 e. The quantitative estimate of drug-likeness (QED) is 0.736. The van der Waals surface area contributed by atoms with Gasteiger partial charge in [0.1, 0.15) is 0 Å². The topological polar surface area (TPSA) is 16.1 Å². The maximum Gasteiger partial charge on any atom is 0.0404 e. The Hall–Kier alpha value is -0.890. The van der Waals surface area contributed by atoms with Crippen molar-refractivity contribution in [3.63, 3.8) is 0 Å². The summed E-state index contributed by atoms with van der Waals surface area (Å²) in [5.41, 5.74) is 2.53. The van der Waals surface area contributed by atoms with Crippen molar-refractivity contribution in [1.82, 2.24) is 9.88 Å². The average Bonchev–Trinajstić information content (AvgIpc) is 2.26. The Bertz CT molecular complexity index is 277. The Morgan fingerprint density at radius 3 is 2.53 bits per heavy atom. The average molecular weight is 206 g/mol. The second kappa shape index (κ2) is 5.86. The molecule has 0 N–H and O–H groups in total. The fraction of sp³-hybridized carbons (Fsp3) is 0.615. The van der Waals surface area contributed by atoms with Crippen LogP contribution < -0.4 is 0 Å². The Morgan fingerprint density at radius 1 is 1.33 bits per heavy atom. The highest BCUT2D eigenvalue weighted by Gasteiger charge is 2.04. The molecule has 1 heterocycles. The predicted molar refractivity (Wildman–Crippen MR) is 65.1 cm³/mol. The van der Waals surface area contributed by atoms with Crippen molar-refractivity contribution in [3.8, 4) is 0 Å². The zero-order valence-corrected chi connectivity index (χ0v) is 10.3.